The molecule has 1 aromatic carbocycles. The van der Waals surface area contributed by atoms with Crippen molar-refractivity contribution >= 4 is 27.9 Å². The summed E-state index contributed by atoms with van der Waals surface area (Å²) in [4.78, 5) is 14.7. The number of benzene rings is 1. The van der Waals surface area contributed by atoms with Crippen molar-refractivity contribution in [2.45, 2.75) is 20.8 Å². The molecule has 0 bridgehead atoms. The second-order valence-electron chi connectivity index (χ2n) is 4.91. The molecule has 0 unspecified atom stereocenters. The summed E-state index contributed by atoms with van der Waals surface area (Å²) in [6, 6.07) is 11.4. The van der Waals surface area contributed by atoms with Crippen molar-refractivity contribution in [3.8, 4) is 0 Å². The van der Waals surface area contributed by atoms with E-state index in [9.17, 15) is 4.79 Å². The van der Waals surface area contributed by atoms with Crippen LogP contribution in [0.25, 0.3) is 4.83 Å². The molecule has 20 heavy (non-hydrogen) atoms. The topological polar surface area (TPSA) is 33.5 Å². The summed E-state index contributed by atoms with van der Waals surface area (Å²) in [6.07, 6.45) is 0. The molecule has 0 atom stereocenters. The fraction of sp³-hybridized carbons (Fsp3) is 0.188. The number of aryl methyl sites for hydroxylation is 3. The fourth-order valence-corrected chi connectivity index (χ4v) is 3.43. The largest absolute Gasteiger partial charge is 0.307 e. The molecule has 3 aromatic rings. The Kier molecular flexibility index (Phi) is 3.10. The van der Waals surface area contributed by atoms with Gasteiger partial charge in [0.15, 0.2) is 0 Å². The Balaban J connectivity index is 2.03. The van der Waals surface area contributed by atoms with Crippen LogP contribution >= 0.6 is 11.3 Å². The highest BCUT2D eigenvalue weighted by Gasteiger charge is 2.15. The second kappa shape index (κ2) is 4.80. The van der Waals surface area contributed by atoms with Gasteiger partial charge in [-0.25, -0.2) is 0 Å². The normalized spacial score (nSPS) is 10.9. The highest BCUT2D eigenvalue weighted by Crippen LogP contribution is 2.30. The minimum atomic E-state index is -0.0723. The minimum absolute atomic E-state index is 0.0723. The zero-order valence-electron chi connectivity index (χ0n) is 11.7. The first-order chi connectivity index (χ1) is 9.58. The number of rotatable bonds is 2. The van der Waals surface area contributed by atoms with Gasteiger partial charge in [-0.3, -0.25) is 9.20 Å². The van der Waals surface area contributed by atoms with Gasteiger partial charge in [-0.05, 0) is 44.5 Å². The van der Waals surface area contributed by atoms with E-state index in [1.807, 2.05) is 37.3 Å². The molecule has 2 heterocycles. The Bertz CT molecular complexity index is 784. The van der Waals surface area contributed by atoms with Crippen LogP contribution in [-0.2, 0) is 0 Å². The van der Waals surface area contributed by atoms with Crippen LogP contribution in [0.5, 0.6) is 0 Å². The lowest BCUT2D eigenvalue weighted by atomic mass is 10.2. The molecule has 0 saturated heterocycles. The zero-order valence-corrected chi connectivity index (χ0v) is 12.5. The van der Waals surface area contributed by atoms with Crippen LogP contribution in [0.15, 0.2) is 36.4 Å². The number of hydrogen-bond acceptors (Lipinski definition) is 2. The van der Waals surface area contributed by atoms with E-state index in [0.29, 0.717) is 5.56 Å². The van der Waals surface area contributed by atoms with Gasteiger partial charge in [0, 0.05) is 16.1 Å². The third kappa shape index (κ3) is 2.02. The van der Waals surface area contributed by atoms with E-state index in [-0.39, 0.29) is 5.91 Å². The smallest absolute Gasteiger partial charge is 0.256 e. The van der Waals surface area contributed by atoms with E-state index < -0.39 is 0 Å². The third-order valence-electron chi connectivity index (χ3n) is 3.53. The maximum absolute atomic E-state index is 12.3. The number of aromatic nitrogens is 1. The molecule has 1 amide bonds. The number of anilines is 1. The molecule has 0 spiro atoms. The van der Waals surface area contributed by atoms with Gasteiger partial charge in [0.05, 0.1) is 0 Å². The molecule has 0 aliphatic carbocycles. The van der Waals surface area contributed by atoms with Crippen LogP contribution in [0.4, 0.5) is 5.82 Å². The number of amides is 1. The number of nitrogens with one attached hydrogen (secondary N) is 1. The van der Waals surface area contributed by atoms with Crippen molar-refractivity contribution in [3.63, 3.8) is 0 Å². The van der Waals surface area contributed by atoms with Crippen molar-refractivity contribution < 1.29 is 4.79 Å². The van der Waals surface area contributed by atoms with E-state index >= 15 is 0 Å². The summed E-state index contributed by atoms with van der Waals surface area (Å²) in [7, 11) is 0. The van der Waals surface area contributed by atoms with Crippen LogP contribution in [0.3, 0.4) is 0 Å². The Labute approximate surface area is 121 Å². The van der Waals surface area contributed by atoms with Gasteiger partial charge in [-0.1, -0.05) is 18.2 Å². The fourth-order valence-electron chi connectivity index (χ4n) is 2.32. The molecular formula is C16H16N2OS. The first-order valence-corrected chi connectivity index (χ1v) is 7.34. The Morgan fingerprint density at radius 3 is 2.55 bits per heavy atom. The lowest BCUT2D eigenvalue weighted by Gasteiger charge is -2.07. The monoisotopic (exact) mass is 284 g/mol. The zero-order chi connectivity index (χ0) is 14.3. The Morgan fingerprint density at radius 2 is 1.85 bits per heavy atom. The highest BCUT2D eigenvalue weighted by atomic mass is 32.1. The summed E-state index contributed by atoms with van der Waals surface area (Å²) < 4.78 is 2.12. The van der Waals surface area contributed by atoms with Gasteiger partial charge < -0.3 is 5.32 Å². The molecule has 0 radical (unpaired) electrons. The average molecular weight is 284 g/mol. The Morgan fingerprint density at radius 1 is 1.15 bits per heavy atom. The van der Waals surface area contributed by atoms with Crippen LogP contribution in [0.1, 0.15) is 26.5 Å². The molecular weight excluding hydrogens is 268 g/mol. The molecule has 0 saturated carbocycles. The number of thiazole rings is 1. The maximum atomic E-state index is 12.3. The number of carbonyl (C=O) groups is 1. The first-order valence-electron chi connectivity index (χ1n) is 6.52. The van der Waals surface area contributed by atoms with Gasteiger partial charge in [0.2, 0.25) is 0 Å². The average Bonchev–Trinajstić information content (AvgIpc) is 2.88. The van der Waals surface area contributed by atoms with Crippen molar-refractivity contribution in [1.29, 1.82) is 0 Å². The number of hydrogen-bond donors (Lipinski definition) is 1. The molecule has 0 aliphatic rings. The summed E-state index contributed by atoms with van der Waals surface area (Å²) in [5.41, 5.74) is 2.94. The summed E-state index contributed by atoms with van der Waals surface area (Å²) in [5, 5.41) is 3.03. The van der Waals surface area contributed by atoms with Crippen LogP contribution < -0.4 is 5.32 Å². The van der Waals surface area contributed by atoms with E-state index in [4.69, 9.17) is 0 Å². The van der Waals surface area contributed by atoms with Crippen molar-refractivity contribution in [3.05, 3.63) is 58.1 Å². The lowest BCUT2D eigenvalue weighted by molar-refractivity contribution is 0.102. The summed E-state index contributed by atoms with van der Waals surface area (Å²) in [5.74, 6) is 0.799. The molecule has 3 rings (SSSR count). The molecule has 4 heteroatoms. The van der Waals surface area contributed by atoms with Gasteiger partial charge in [-0.15, -0.1) is 11.3 Å². The quantitative estimate of drug-likeness (QED) is 0.752. The van der Waals surface area contributed by atoms with Crippen molar-refractivity contribution in [1.82, 2.24) is 4.40 Å². The number of fused-ring (bicyclic) bond motifs is 1. The summed E-state index contributed by atoms with van der Waals surface area (Å²) >= 11 is 1.75. The maximum Gasteiger partial charge on any atom is 0.256 e. The van der Waals surface area contributed by atoms with Crippen LogP contribution in [-0.4, -0.2) is 10.3 Å². The SMILES string of the molecule is Cc1cc2sc(C)c(C)n2c1NC(=O)c1ccccc1. The van der Waals surface area contributed by atoms with Crippen LogP contribution in [0, 0.1) is 20.8 Å². The van der Waals surface area contributed by atoms with E-state index in [0.717, 1.165) is 11.4 Å². The van der Waals surface area contributed by atoms with Gasteiger partial charge >= 0.3 is 0 Å². The molecule has 102 valence electrons. The molecule has 0 aliphatic heterocycles. The third-order valence-corrected chi connectivity index (χ3v) is 4.64. The standard InChI is InChI=1S/C16H16N2OS/c1-10-9-14-18(11(2)12(3)20-14)15(10)17-16(19)13-7-5-4-6-8-13/h4-9H,1-3H3,(H,17,19). The summed E-state index contributed by atoms with van der Waals surface area (Å²) in [6.45, 7) is 6.21. The predicted octanol–water partition coefficient (Wildman–Crippen LogP) is 4.18. The molecule has 0 fully saturated rings. The molecule has 2 aromatic heterocycles. The van der Waals surface area contributed by atoms with Crippen molar-refractivity contribution in [2.24, 2.45) is 0 Å². The van der Waals surface area contributed by atoms with E-state index in [2.05, 4.69) is 29.6 Å². The molecule has 1 N–H and O–H groups in total. The predicted molar refractivity (Wildman–Crippen MR) is 83.9 cm³/mol. The number of nitrogens with zero attached hydrogens (tertiary/aromatic N) is 1. The van der Waals surface area contributed by atoms with Gasteiger partial charge in [0.25, 0.3) is 5.91 Å². The number of carbonyl (C=O) groups excluding carboxylic acids is 1. The minimum Gasteiger partial charge on any atom is -0.307 e. The van der Waals surface area contributed by atoms with E-state index in [1.54, 1.807) is 11.3 Å². The van der Waals surface area contributed by atoms with Crippen molar-refractivity contribution in [2.75, 3.05) is 5.32 Å². The highest BCUT2D eigenvalue weighted by molar-refractivity contribution is 7.17. The second-order valence-corrected chi connectivity index (χ2v) is 6.15. The lowest BCUT2D eigenvalue weighted by Crippen LogP contribution is -2.14. The van der Waals surface area contributed by atoms with Crippen LogP contribution in [0.2, 0.25) is 0 Å². The van der Waals surface area contributed by atoms with E-state index in [1.165, 1.54) is 15.4 Å². The first kappa shape index (κ1) is 12.9. The molecule has 3 nitrogen and oxygen atoms in total. The van der Waals surface area contributed by atoms with Gasteiger partial charge in [-0.2, -0.15) is 0 Å². The van der Waals surface area contributed by atoms with Gasteiger partial charge in [0.1, 0.15) is 10.6 Å². The Hall–Kier alpha value is -2.07.